The second-order valence-corrected chi connectivity index (χ2v) is 6.93. The molecule has 0 saturated heterocycles. The summed E-state index contributed by atoms with van der Waals surface area (Å²) in [5.74, 6) is -0.943. The number of amides is 1. The molecule has 0 spiro atoms. The van der Waals surface area contributed by atoms with Crippen LogP contribution in [0, 0.1) is 11.3 Å². The van der Waals surface area contributed by atoms with E-state index in [1.807, 2.05) is 6.07 Å². The number of hydrogen-bond donors (Lipinski definition) is 2. The third-order valence-corrected chi connectivity index (χ3v) is 4.80. The van der Waals surface area contributed by atoms with Crippen LogP contribution >= 0.6 is 15.9 Å². The van der Waals surface area contributed by atoms with Crippen molar-refractivity contribution < 1.29 is 19.4 Å². The Kier molecular flexibility index (Phi) is 6.14. The highest BCUT2D eigenvalue weighted by Gasteiger charge is 2.38. The van der Waals surface area contributed by atoms with Crippen molar-refractivity contribution in [2.45, 2.75) is 19.4 Å². The summed E-state index contributed by atoms with van der Waals surface area (Å²) in [6.45, 7) is 1.90. The number of carbonyl (C=O) groups excluding carboxylic acids is 2. The summed E-state index contributed by atoms with van der Waals surface area (Å²) in [7, 11) is 0. The van der Waals surface area contributed by atoms with E-state index < -0.39 is 17.9 Å². The second kappa shape index (κ2) is 8.75. The Morgan fingerprint density at radius 1 is 1.38 bits per heavy atom. The highest BCUT2D eigenvalue weighted by molar-refractivity contribution is 9.10. The van der Waals surface area contributed by atoms with Crippen molar-refractivity contribution in [2.24, 2.45) is 4.99 Å². The summed E-state index contributed by atoms with van der Waals surface area (Å²) in [5.41, 5.74) is 1.09. The number of nitrogens with zero attached hydrogens (tertiary/aromatic N) is 3. The van der Waals surface area contributed by atoms with Gasteiger partial charge >= 0.3 is 5.97 Å². The predicted molar refractivity (Wildman–Crippen MR) is 111 cm³/mol. The van der Waals surface area contributed by atoms with Crippen molar-refractivity contribution in [2.75, 3.05) is 16.8 Å². The molecular formula is C20H17BrN4O4. The molecule has 1 amide bonds. The summed E-state index contributed by atoms with van der Waals surface area (Å²) in [5, 5.41) is 22.1. The molecular weight excluding hydrogens is 440 g/mol. The number of halogens is 1. The van der Waals surface area contributed by atoms with Crippen LogP contribution in [0.3, 0.4) is 0 Å². The van der Waals surface area contributed by atoms with Gasteiger partial charge in [-0.05, 0) is 53.2 Å². The fraction of sp³-hybridized carbons (Fsp3) is 0.200. The normalized spacial score (nSPS) is 15.6. The number of esters is 1. The molecule has 1 heterocycles. The Hall–Kier alpha value is -3.38. The minimum Gasteiger partial charge on any atom is -0.506 e. The van der Waals surface area contributed by atoms with Crippen LogP contribution in [0.15, 0.2) is 51.9 Å². The third kappa shape index (κ3) is 4.38. The quantitative estimate of drug-likeness (QED) is 0.527. The summed E-state index contributed by atoms with van der Waals surface area (Å²) in [4.78, 5) is 30.6. The number of phenols is 1. The average molecular weight is 457 g/mol. The van der Waals surface area contributed by atoms with Gasteiger partial charge in [0.1, 0.15) is 11.8 Å². The number of carbonyl (C=O) groups is 2. The molecule has 1 aliphatic heterocycles. The number of aliphatic imine (C=N–C) groups is 1. The van der Waals surface area contributed by atoms with Crippen LogP contribution in [0.25, 0.3) is 0 Å². The van der Waals surface area contributed by atoms with E-state index in [4.69, 9.17) is 10.00 Å². The number of para-hydroxylation sites is 1. The van der Waals surface area contributed by atoms with Crippen molar-refractivity contribution in [3.63, 3.8) is 0 Å². The Morgan fingerprint density at radius 3 is 2.79 bits per heavy atom. The van der Waals surface area contributed by atoms with E-state index in [0.717, 1.165) is 0 Å². The van der Waals surface area contributed by atoms with Gasteiger partial charge in [-0.2, -0.15) is 5.26 Å². The first kappa shape index (κ1) is 20.4. The van der Waals surface area contributed by atoms with Gasteiger partial charge in [-0.1, -0.05) is 12.1 Å². The maximum absolute atomic E-state index is 13.0. The van der Waals surface area contributed by atoms with Gasteiger partial charge in [0.05, 0.1) is 36.0 Å². The number of aromatic hydroxyl groups is 1. The molecule has 3 rings (SSSR count). The van der Waals surface area contributed by atoms with E-state index in [9.17, 15) is 14.7 Å². The Labute approximate surface area is 175 Å². The lowest BCUT2D eigenvalue weighted by Gasteiger charge is -2.21. The molecule has 8 nitrogen and oxygen atoms in total. The predicted octanol–water partition coefficient (Wildman–Crippen LogP) is 3.16. The molecule has 2 N–H and O–H groups in total. The molecule has 0 fully saturated rings. The van der Waals surface area contributed by atoms with Crippen molar-refractivity contribution >= 4 is 45.1 Å². The molecule has 2 aromatic carbocycles. The zero-order valence-electron chi connectivity index (χ0n) is 15.4. The van der Waals surface area contributed by atoms with Crippen molar-refractivity contribution in [3.8, 4) is 11.8 Å². The van der Waals surface area contributed by atoms with Gasteiger partial charge < -0.3 is 15.2 Å². The molecule has 1 aliphatic rings. The minimum atomic E-state index is -0.954. The Bertz CT molecular complexity index is 1030. The Balaban J connectivity index is 1.96. The lowest BCUT2D eigenvalue weighted by Crippen LogP contribution is -2.39. The summed E-state index contributed by atoms with van der Waals surface area (Å²) in [6, 6.07) is 12.4. The Morgan fingerprint density at radius 2 is 2.14 bits per heavy atom. The fourth-order valence-electron chi connectivity index (χ4n) is 2.81. The summed E-state index contributed by atoms with van der Waals surface area (Å²) < 4.78 is 5.59. The van der Waals surface area contributed by atoms with Crippen LogP contribution < -0.4 is 10.2 Å². The van der Waals surface area contributed by atoms with Crippen molar-refractivity contribution in [1.82, 2.24) is 0 Å². The maximum atomic E-state index is 13.0. The van der Waals surface area contributed by atoms with Crippen LogP contribution in [0.4, 0.5) is 11.4 Å². The summed E-state index contributed by atoms with van der Waals surface area (Å²) in [6.07, 6.45) is -0.196. The van der Waals surface area contributed by atoms with E-state index >= 15 is 0 Å². The topological polar surface area (TPSA) is 115 Å². The monoisotopic (exact) mass is 456 g/mol. The standard InChI is InChI=1S/C20H17BrN4O4/c1-2-29-18(27)10-15-19(28)25(16-6-4-3-5-13(16)21)20(24-15)23-14-8-7-12(11-22)9-17(14)26/h3-9,15,26H,2,10H2,1H3,(H,23,24)/t15-/m1/s1. The maximum Gasteiger partial charge on any atom is 0.308 e. The molecule has 1 atom stereocenters. The zero-order chi connectivity index (χ0) is 21.0. The first-order chi connectivity index (χ1) is 13.9. The number of rotatable bonds is 5. The largest absolute Gasteiger partial charge is 0.506 e. The SMILES string of the molecule is CCOC(=O)C[C@H]1N=C(Nc2ccc(C#N)cc2O)N(c2ccccc2Br)C1=O. The van der Waals surface area contributed by atoms with Gasteiger partial charge in [-0.3, -0.25) is 9.59 Å². The number of guanidine groups is 1. The van der Waals surface area contributed by atoms with Crippen LogP contribution in [0.2, 0.25) is 0 Å². The van der Waals surface area contributed by atoms with E-state index in [-0.39, 0.29) is 30.4 Å². The zero-order valence-corrected chi connectivity index (χ0v) is 17.0. The van der Waals surface area contributed by atoms with Crippen LogP contribution in [0.5, 0.6) is 5.75 Å². The number of nitrogens with one attached hydrogen (secondary N) is 1. The lowest BCUT2D eigenvalue weighted by molar-refractivity contribution is -0.144. The number of hydrogen-bond acceptors (Lipinski definition) is 7. The van der Waals surface area contributed by atoms with Crippen LogP contribution in [0.1, 0.15) is 18.9 Å². The molecule has 9 heteroatoms. The van der Waals surface area contributed by atoms with Gasteiger partial charge in [0.15, 0.2) is 0 Å². The smallest absolute Gasteiger partial charge is 0.308 e. The van der Waals surface area contributed by atoms with Gasteiger partial charge in [0.25, 0.3) is 5.91 Å². The highest BCUT2D eigenvalue weighted by atomic mass is 79.9. The number of phenolic OH excluding ortho intramolecular Hbond substituents is 1. The van der Waals surface area contributed by atoms with Crippen LogP contribution in [-0.2, 0) is 14.3 Å². The lowest BCUT2D eigenvalue weighted by atomic mass is 10.2. The van der Waals surface area contributed by atoms with Gasteiger partial charge in [0, 0.05) is 4.47 Å². The molecule has 2 aromatic rings. The van der Waals surface area contributed by atoms with Gasteiger partial charge in [-0.15, -0.1) is 0 Å². The fourth-order valence-corrected chi connectivity index (χ4v) is 3.27. The second-order valence-electron chi connectivity index (χ2n) is 6.07. The van der Waals surface area contributed by atoms with E-state index in [1.165, 1.54) is 23.1 Å². The number of benzene rings is 2. The van der Waals surface area contributed by atoms with Gasteiger partial charge in [0.2, 0.25) is 5.96 Å². The average Bonchev–Trinajstić information content (AvgIpc) is 2.99. The number of anilines is 2. The molecule has 0 aromatic heterocycles. The molecule has 0 bridgehead atoms. The third-order valence-electron chi connectivity index (χ3n) is 4.13. The van der Waals surface area contributed by atoms with E-state index in [1.54, 1.807) is 31.2 Å². The van der Waals surface area contributed by atoms with Crippen molar-refractivity contribution in [1.29, 1.82) is 5.26 Å². The highest BCUT2D eigenvalue weighted by Crippen LogP contribution is 2.32. The van der Waals surface area contributed by atoms with E-state index in [2.05, 4.69) is 26.2 Å². The number of ether oxygens (including phenoxy) is 1. The molecule has 0 radical (unpaired) electrons. The molecule has 0 aliphatic carbocycles. The molecule has 148 valence electrons. The summed E-state index contributed by atoms with van der Waals surface area (Å²) >= 11 is 3.42. The van der Waals surface area contributed by atoms with Gasteiger partial charge in [-0.25, -0.2) is 9.89 Å². The van der Waals surface area contributed by atoms with E-state index in [0.29, 0.717) is 15.7 Å². The molecule has 0 unspecified atom stereocenters. The number of nitriles is 1. The van der Waals surface area contributed by atoms with Crippen LogP contribution in [-0.4, -0.2) is 35.6 Å². The molecule has 29 heavy (non-hydrogen) atoms. The first-order valence-electron chi connectivity index (χ1n) is 8.76. The minimum absolute atomic E-state index is 0.149. The van der Waals surface area contributed by atoms with Crippen molar-refractivity contribution in [3.05, 3.63) is 52.5 Å². The first-order valence-corrected chi connectivity index (χ1v) is 9.56. The molecule has 0 saturated carbocycles.